The molecule has 1 fully saturated rings. The van der Waals surface area contributed by atoms with Crippen LogP contribution in [0.25, 0.3) is 0 Å². The smallest absolute Gasteiger partial charge is 0.262 e. The molecule has 114 valence electrons. The maximum atomic E-state index is 12.7. The molecule has 21 heavy (non-hydrogen) atoms. The number of nitrogens with zero attached hydrogens (tertiary/aromatic N) is 1. The lowest BCUT2D eigenvalue weighted by molar-refractivity contribution is -0.118. The predicted octanol–water partition coefficient (Wildman–Crippen LogP) is 1.95. The predicted molar refractivity (Wildman–Crippen MR) is 80.9 cm³/mol. The highest BCUT2D eigenvalue weighted by molar-refractivity contribution is 9.10. The van der Waals surface area contributed by atoms with Gasteiger partial charge in [0.05, 0.1) is 5.69 Å². The lowest BCUT2D eigenvalue weighted by Gasteiger charge is -2.27. The van der Waals surface area contributed by atoms with E-state index in [1.807, 2.05) is 0 Å². The second kappa shape index (κ2) is 5.58. The number of amides is 1. The molecule has 8 heteroatoms. The first-order valence-electron chi connectivity index (χ1n) is 6.75. The molecule has 0 unspecified atom stereocenters. The molecule has 0 bridgehead atoms. The molecule has 1 saturated heterocycles. The van der Waals surface area contributed by atoms with Gasteiger partial charge in [0.2, 0.25) is 10.0 Å². The molecule has 0 atom stereocenters. The minimum absolute atomic E-state index is 0.0994. The second-order valence-electron chi connectivity index (χ2n) is 5.08. The van der Waals surface area contributed by atoms with E-state index < -0.39 is 10.0 Å². The van der Waals surface area contributed by atoms with Crippen LogP contribution in [0.2, 0.25) is 0 Å². The molecule has 1 N–H and O–H groups in total. The Balaban J connectivity index is 2.00. The Bertz CT molecular complexity index is 684. The largest absolute Gasteiger partial charge is 0.482 e. The molecule has 2 aliphatic heterocycles. The molecule has 1 aromatic carbocycles. The Morgan fingerprint density at radius 3 is 2.62 bits per heavy atom. The number of piperidine rings is 1. The summed E-state index contributed by atoms with van der Waals surface area (Å²) in [6.45, 7) is 0.991. The summed E-state index contributed by atoms with van der Waals surface area (Å²) >= 11 is 3.29. The van der Waals surface area contributed by atoms with Crippen molar-refractivity contribution in [2.75, 3.05) is 25.0 Å². The summed E-state index contributed by atoms with van der Waals surface area (Å²) in [4.78, 5) is 11.5. The Hall–Kier alpha value is -1.12. The van der Waals surface area contributed by atoms with Crippen molar-refractivity contribution < 1.29 is 17.9 Å². The number of carbonyl (C=O) groups is 1. The number of halogens is 1. The molecule has 2 aliphatic rings. The van der Waals surface area contributed by atoms with E-state index >= 15 is 0 Å². The number of benzene rings is 1. The van der Waals surface area contributed by atoms with Gasteiger partial charge in [-0.25, -0.2) is 8.42 Å². The quantitative estimate of drug-likeness (QED) is 0.858. The van der Waals surface area contributed by atoms with Crippen LogP contribution in [0.4, 0.5) is 5.69 Å². The monoisotopic (exact) mass is 374 g/mol. The molecule has 1 amide bonds. The summed E-state index contributed by atoms with van der Waals surface area (Å²) in [7, 11) is -3.55. The van der Waals surface area contributed by atoms with E-state index in [1.54, 1.807) is 6.07 Å². The number of sulfonamides is 1. The van der Waals surface area contributed by atoms with E-state index in [2.05, 4.69) is 21.2 Å². The van der Waals surface area contributed by atoms with Crippen molar-refractivity contribution in [1.82, 2.24) is 4.31 Å². The lowest BCUT2D eigenvalue weighted by atomic mass is 10.2. The normalized spacial score (nSPS) is 19.6. The van der Waals surface area contributed by atoms with Crippen molar-refractivity contribution in [3.63, 3.8) is 0 Å². The first kappa shape index (κ1) is 14.8. The number of nitrogens with one attached hydrogen (secondary N) is 1. The van der Waals surface area contributed by atoms with Crippen LogP contribution in [0.15, 0.2) is 21.5 Å². The van der Waals surface area contributed by atoms with Gasteiger partial charge in [0, 0.05) is 23.6 Å². The summed E-state index contributed by atoms with van der Waals surface area (Å²) in [5.74, 6) is 0.134. The molecule has 0 radical (unpaired) electrons. The molecule has 1 aromatic rings. The van der Waals surface area contributed by atoms with Gasteiger partial charge in [-0.2, -0.15) is 4.31 Å². The minimum atomic E-state index is -3.55. The van der Waals surface area contributed by atoms with Crippen LogP contribution >= 0.6 is 15.9 Å². The Labute approximate surface area is 131 Å². The summed E-state index contributed by atoms with van der Waals surface area (Å²) < 4.78 is 32.7. The minimum Gasteiger partial charge on any atom is -0.482 e. The van der Waals surface area contributed by atoms with Crippen molar-refractivity contribution in [3.8, 4) is 5.75 Å². The van der Waals surface area contributed by atoms with Crippen LogP contribution in [0.5, 0.6) is 5.75 Å². The van der Waals surface area contributed by atoms with Gasteiger partial charge < -0.3 is 10.1 Å². The van der Waals surface area contributed by atoms with Crippen LogP contribution < -0.4 is 10.1 Å². The molecular weight excluding hydrogens is 360 g/mol. The van der Waals surface area contributed by atoms with E-state index in [9.17, 15) is 13.2 Å². The van der Waals surface area contributed by atoms with E-state index in [4.69, 9.17) is 4.74 Å². The van der Waals surface area contributed by atoms with Crippen LogP contribution in [0, 0.1) is 0 Å². The third-order valence-corrected chi connectivity index (χ3v) is 6.46. The van der Waals surface area contributed by atoms with Gasteiger partial charge in [-0.05, 0) is 34.8 Å². The number of fused-ring (bicyclic) bond motifs is 1. The Morgan fingerprint density at radius 2 is 1.90 bits per heavy atom. The lowest BCUT2D eigenvalue weighted by Crippen LogP contribution is -2.36. The standard InChI is InChI=1S/C13H15BrN2O4S/c14-9-6-10-11(20-8-13(17)15-10)7-12(9)21(18,19)16-4-2-1-3-5-16/h6-7H,1-5,8H2,(H,15,17). The van der Waals surface area contributed by atoms with Crippen LogP contribution in [0.1, 0.15) is 19.3 Å². The molecule has 0 aliphatic carbocycles. The second-order valence-corrected chi connectivity index (χ2v) is 7.84. The fraction of sp³-hybridized carbons (Fsp3) is 0.462. The van der Waals surface area contributed by atoms with Gasteiger partial charge in [0.1, 0.15) is 10.6 Å². The van der Waals surface area contributed by atoms with Crippen LogP contribution in [-0.4, -0.2) is 38.3 Å². The van der Waals surface area contributed by atoms with Gasteiger partial charge >= 0.3 is 0 Å². The van der Waals surface area contributed by atoms with Crippen molar-refractivity contribution in [2.24, 2.45) is 0 Å². The van der Waals surface area contributed by atoms with E-state index in [-0.39, 0.29) is 17.4 Å². The highest BCUT2D eigenvalue weighted by Crippen LogP contribution is 2.37. The summed E-state index contributed by atoms with van der Waals surface area (Å²) in [6.07, 6.45) is 2.83. The average Bonchev–Trinajstić information content (AvgIpc) is 2.47. The molecule has 2 heterocycles. The summed E-state index contributed by atoms with van der Waals surface area (Å²) in [6, 6.07) is 3.05. The molecule has 3 rings (SSSR count). The third kappa shape index (κ3) is 2.79. The van der Waals surface area contributed by atoms with E-state index in [0.717, 1.165) is 19.3 Å². The van der Waals surface area contributed by atoms with Gasteiger partial charge in [-0.3, -0.25) is 4.79 Å². The van der Waals surface area contributed by atoms with Crippen molar-refractivity contribution in [2.45, 2.75) is 24.2 Å². The number of hydrogen-bond donors (Lipinski definition) is 1. The number of hydrogen-bond acceptors (Lipinski definition) is 4. The average molecular weight is 375 g/mol. The number of ether oxygens (including phenoxy) is 1. The molecule has 0 saturated carbocycles. The highest BCUT2D eigenvalue weighted by atomic mass is 79.9. The Kier molecular flexibility index (Phi) is 3.94. The molecule has 0 aromatic heterocycles. The zero-order valence-electron chi connectivity index (χ0n) is 11.3. The first-order valence-corrected chi connectivity index (χ1v) is 8.98. The fourth-order valence-electron chi connectivity index (χ4n) is 2.52. The van der Waals surface area contributed by atoms with Crippen molar-refractivity contribution in [1.29, 1.82) is 0 Å². The van der Waals surface area contributed by atoms with Crippen LogP contribution in [0.3, 0.4) is 0 Å². The SMILES string of the molecule is O=C1COc2cc(S(=O)(=O)N3CCCCC3)c(Br)cc2N1. The maximum absolute atomic E-state index is 12.7. The number of anilines is 1. The number of rotatable bonds is 2. The molecular formula is C13H15BrN2O4S. The summed E-state index contributed by atoms with van der Waals surface area (Å²) in [5.41, 5.74) is 0.482. The topological polar surface area (TPSA) is 75.7 Å². The van der Waals surface area contributed by atoms with Gasteiger partial charge in [-0.15, -0.1) is 0 Å². The fourth-order valence-corrected chi connectivity index (χ4v) is 5.06. The zero-order valence-corrected chi connectivity index (χ0v) is 13.7. The Morgan fingerprint density at radius 1 is 1.19 bits per heavy atom. The van der Waals surface area contributed by atoms with Gasteiger partial charge in [0.25, 0.3) is 5.91 Å². The van der Waals surface area contributed by atoms with Crippen LogP contribution in [-0.2, 0) is 14.8 Å². The van der Waals surface area contributed by atoms with Crippen molar-refractivity contribution >= 4 is 37.5 Å². The first-order chi connectivity index (χ1) is 9.98. The number of carbonyl (C=O) groups excluding carboxylic acids is 1. The maximum Gasteiger partial charge on any atom is 0.262 e. The highest BCUT2D eigenvalue weighted by Gasteiger charge is 2.30. The summed E-state index contributed by atoms with van der Waals surface area (Å²) in [5, 5.41) is 2.66. The van der Waals surface area contributed by atoms with Gasteiger partial charge in [0.15, 0.2) is 6.61 Å². The van der Waals surface area contributed by atoms with E-state index in [0.29, 0.717) is 29.0 Å². The van der Waals surface area contributed by atoms with Gasteiger partial charge in [-0.1, -0.05) is 6.42 Å². The van der Waals surface area contributed by atoms with Crippen molar-refractivity contribution in [3.05, 3.63) is 16.6 Å². The third-order valence-electron chi connectivity index (χ3n) is 3.60. The van der Waals surface area contributed by atoms with E-state index in [1.165, 1.54) is 10.4 Å². The zero-order chi connectivity index (χ0) is 15.0. The molecule has 0 spiro atoms. The molecule has 6 nitrogen and oxygen atoms in total.